The number of amides is 3. The molecule has 1 aliphatic carbocycles. The third-order valence-electron chi connectivity index (χ3n) is 5.44. The number of imide groups is 1. The van der Waals surface area contributed by atoms with Crippen molar-refractivity contribution < 1.29 is 19.3 Å². The topological polar surface area (TPSA) is 110 Å². The molecule has 4 rings (SSSR count). The predicted octanol–water partition coefficient (Wildman–Crippen LogP) is 2.77. The van der Waals surface area contributed by atoms with Gasteiger partial charge in [-0.15, -0.1) is 0 Å². The maximum absolute atomic E-state index is 12.6. The van der Waals surface area contributed by atoms with Crippen molar-refractivity contribution in [1.82, 2.24) is 10.2 Å². The fourth-order valence-electron chi connectivity index (χ4n) is 4.05. The number of nitrogens with one attached hydrogen (secondary N) is 1. The molecule has 0 spiro atoms. The quantitative estimate of drug-likeness (QED) is 0.477. The molecule has 8 nitrogen and oxygen atoms in total. The second-order valence-electron chi connectivity index (χ2n) is 7.18. The van der Waals surface area contributed by atoms with Crippen LogP contribution in [0.1, 0.15) is 57.1 Å². The highest BCUT2D eigenvalue weighted by Crippen LogP contribution is 2.31. The Labute approximate surface area is 166 Å². The molecule has 29 heavy (non-hydrogen) atoms. The van der Waals surface area contributed by atoms with E-state index in [1.807, 2.05) is 18.2 Å². The van der Waals surface area contributed by atoms with E-state index >= 15 is 0 Å². The van der Waals surface area contributed by atoms with Crippen molar-refractivity contribution in [2.75, 3.05) is 6.54 Å². The van der Waals surface area contributed by atoms with Crippen LogP contribution in [0, 0.1) is 10.1 Å². The molecule has 1 atom stereocenters. The summed E-state index contributed by atoms with van der Waals surface area (Å²) >= 11 is 0. The minimum atomic E-state index is -0.729. The summed E-state index contributed by atoms with van der Waals surface area (Å²) in [4.78, 5) is 48.9. The lowest BCUT2D eigenvalue weighted by atomic mass is 9.87. The number of rotatable bonds is 5. The highest BCUT2D eigenvalue weighted by molar-refractivity contribution is 6.23. The van der Waals surface area contributed by atoms with E-state index in [4.69, 9.17) is 0 Å². The second kappa shape index (κ2) is 7.46. The fraction of sp³-hybridized carbons (Fsp3) is 0.286. The summed E-state index contributed by atoms with van der Waals surface area (Å²) in [5.41, 5.74) is 1.72. The lowest BCUT2D eigenvalue weighted by Gasteiger charge is -2.26. The number of hydrogen-bond acceptors (Lipinski definition) is 5. The van der Waals surface area contributed by atoms with Crippen LogP contribution in [0.2, 0.25) is 0 Å². The van der Waals surface area contributed by atoms with Gasteiger partial charge in [-0.25, -0.2) is 0 Å². The molecule has 2 aliphatic rings. The molecule has 0 radical (unpaired) electrons. The van der Waals surface area contributed by atoms with Gasteiger partial charge < -0.3 is 5.32 Å². The molecule has 2 aromatic rings. The van der Waals surface area contributed by atoms with Crippen LogP contribution in [0.3, 0.4) is 0 Å². The molecule has 0 bridgehead atoms. The van der Waals surface area contributed by atoms with Crippen LogP contribution in [-0.4, -0.2) is 34.1 Å². The van der Waals surface area contributed by atoms with E-state index in [2.05, 4.69) is 11.4 Å². The number of nitrogens with zero attached hydrogens (tertiary/aromatic N) is 2. The molecule has 0 aromatic heterocycles. The molecule has 1 aliphatic heterocycles. The van der Waals surface area contributed by atoms with Crippen molar-refractivity contribution in [3.05, 3.63) is 74.8 Å². The fourth-order valence-corrected chi connectivity index (χ4v) is 4.05. The van der Waals surface area contributed by atoms with Crippen molar-refractivity contribution in [3.63, 3.8) is 0 Å². The second-order valence-corrected chi connectivity index (χ2v) is 7.18. The summed E-state index contributed by atoms with van der Waals surface area (Å²) in [5, 5.41) is 14.2. The Morgan fingerprint density at radius 2 is 1.93 bits per heavy atom. The van der Waals surface area contributed by atoms with E-state index in [1.165, 1.54) is 23.8 Å². The number of nitro groups is 1. The van der Waals surface area contributed by atoms with Crippen LogP contribution in [0.15, 0.2) is 42.5 Å². The van der Waals surface area contributed by atoms with E-state index in [0.29, 0.717) is 0 Å². The predicted molar refractivity (Wildman–Crippen MR) is 103 cm³/mol. The minimum Gasteiger partial charge on any atom is -0.349 e. The van der Waals surface area contributed by atoms with Gasteiger partial charge in [-0.05, 0) is 36.5 Å². The summed E-state index contributed by atoms with van der Waals surface area (Å²) in [6, 6.07) is 11.8. The molecule has 1 N–H and O–H groups in total. The van der Waals surface area contributed by atoms with Gasteiger partial charge >= 0.3 is 0 Å². The zero-order chi connectivity index (χ0) is 20.5. The van der Waals surface area contributed by atoms with Gasteiger partial charge in [0.15, 0.2) is 0 Å². The number of aryl methyl sites for hydroxylation is 1. The molecular formula is C21H19N3O5. The third-order valence-corrected chi connectivity index (χ3v) is 5.44. The SMILES string of the molecule is O=C(CCN1C(=O)c2cccc([N+](=O)[O-])c2C1=O)N[C@@H]1CCCc2ccccc21. The van der Waals surface area contributed by atoms with E-state index in [0.717, 1.165) is 29.7 Å². The molecular weight excluding hydrogens is 374 g/mol. The van der Waals surface area contributed by atoms with Crippen LogP contribution >= 0.6 is 0 Å². The van der Waals surface area contributed by atoms with E-state index < -0.39 is 22.4 Å². The van der Waals surface area contributed by atoms with Crippen molar-refractivity contribution in [3.8, 4) is 0 Å². The summed E-state index contributed by atoms with van der Waals surface area (Å²) in [7, 11) is 0. The smallest absolute Gasteiger partial charge is 0.282 e. The van der Waals surface area contributed by atoms with Gasteiger partial charge in [0, 0.05) is 19.0 Å². The molecule has 0 saturated carbocycles. The van der Waals surface area contributed by atoms with Gasteiger partial charge in [-0.3, -0.25) is 29.4 Å². The molecule has 2 aromatic carbocycles. The Balaban J connectivity index is 1.43. The number of nitro benzene ring substituents is 1. The average molecular weight is 393 g/mol. The highest BCUT2D eigenvalue weighted by atomic mass is 16.6. The molecule has 0 unspecified atom stereocenters. The first-order valence-corrected chi connectivity index (χ1v) is 9.48. The first kappa shape index (κ1) is 18.8. The van der Waals surface area contributed by atoms with Crippen molar-refractivity contribution >= 4 is 23.4 Å². The lowest BCUT2D eigenvalue weighted by molar-refractivity contribution is -0.385. The van der Waals surface area contributed by atoms with Gasteiger partial charge in [0.2, 0.25) is 5.91 Å². The van der Waals surface area contributed by atoms with Crippen LogP contribution in [-0.2, 0) is 11.2 Å². The summed E-state index contributed by atoms with van der Waals surface area (Å²) < 4.78 is 0. The first-order chi connectivity index (χ1) is 14.0. The Bertz CT molecular complexity index is 1030. The molecule has 8 heteroatoms. The van der Waals surface area contributed by atoms with Crippen LogP contribution in [0.5, 0.6) is 0 Å². The number of carbonyl (C=O) groups is 3. The first-order valence-electron chi connectivity index (χ1n) is 9.48. The maximum atomic E-state index is 12.6. The number of carbonyl (C=O) groups excluding carboxylic acids is 3. The van der Waals surface area contributed by atoms with Crippen molar-refractivity contribution in [1.29, 1.82) is 0 Å². The normalized spacial score (nSPS) is 17.7. The average Bonchev–Trinajstić information content (AvgIpc) is 2.97. The summed E-state index contributed by atoms with van der Waals surface area (Å²) in [6.07, 6.45) is 2.74. The van der Waals surface area contributed by atoms with Crippen molar-refractivity contribution in [2.45, 2.75) is 31.7 Å². The van der Waals surface area contributed by atoms with Crippen LogP contribution in [0.25, 0.3) is 0 Å². The van der Waals surface area contributed by atoms with Gasteiger partial charge in [0.1, 0.15) is 5.56 Å². The molecule has 3 amide bonds. The molecule has 148 valence electrons. The highest BCUT2D eigenvalue weighted by Gasteiger charge is 2.40. The molecule has 0 saturated heterocycles. The number of fused-ring (bicyclic) bond motifs is 2. The minimum absolute atomic E-state index is 0.00539. The standard InChI is InChI=1S/C21H19N3O5/c25-18(22-16-9-3-6-13-5-1-2-7-14(13)16)11-12-23-20(26)15-8-4-10-17(24(28)29)19(15)21(23)27/h1-2,4-5,7-8,10,16H,3,6,9,11-12H2,(H,22,25)/t16-/m1/s1. The van der Waals surface area contributed by atoms with Crippen LogP contribution < -0.4 is 5.32 Å². The Morgan fingerprint density at radius 3 is 2.72 bits per heavy atom. The third kappa shape index (κ3) is 3.37. The van der Waals surface area contributed by atoms with Gasteiger partial charge in [0.05, 0.1) is 16.5 Å². The zero-order valence-electron chi connectivity index (χ0n) is 15.6. The van der Waals surface area contributed by atoms with Crippen LogP contribution in [0.4, 0.5) is 5.69 Å². The largest absolute Gasteiger partial charge is 0.349 e. The summed E-state index contributed by atoms with van der Waals surface area (Å²) in [5.74, 6) is -1.60. The van der Waals surface area contributed by atoms with E-state index in [-0.39, 0.29) is 36.0 Å². The molecule has 1 heterocycles. The zero-order valence-corrected chi connectivity index (χ0v) is 15.6. The lowest BCUT2D eigenvalue weighted by Crippen LogP contribution is -2.36. The van der Waals surface area contributed by atoms with Gasteiger partial charge in [-0.1, -0.05) is 30.3 Å². The number of hydrogen-bond donors (Lipinski definition) is 1. The monoisotopic (exact) mass is 393 g/mol. The van der Waals surface area contributed by atoms with E-state index in [9.17, 15) is 24.5 Å². The van der Waals surface area contributed by atoms with E-state index in [1.54, 1.807) is 0 Å². The summed E-state index contributed by atoms with van der Waals surface area (Å²) in [6.45, 7) is -0.121. The maximum Gasteiger partial charge on any atom is 0.282 e. The van der Waals surface area contributed by atoms with Gasteiger partial charge in [-0.2, -0.15) is 0 Å². The Kier molecular flexibility index (Phi) is 4.84. The molecule has 0 fully saturated rings. The Morgan fingerprint density at radius 1 is 1.14 bits per heavy atom. The Hall–Kier alpha value is -3.55. The van der Waals surface area contributed by atoms with Crippen molar-refractivity contribution in [2.24, 2.45) is 0 Å². The van der Waals surface area contributed by atoms with Gasteiger partial charge in [0.25, 0.3) is 17.5 Å². The number of benzene rings is 2.